The molecule has 3 nitrogen and oxygen atoms in total. The fraction of sp³-hybridized carbons (Fsp3) is 1.00. The molecule has 0 rings (SSSR count). The molecule has 0 bridgehead atoms. The smallest absolute Gasteiger partial charge is 0.0704 e. The zero-order valence-corrected chi connectivity index (χ0v) is 6.09. The summed E-state index contributed by atoms with van der Waals surface area (Å²) in [5, 5.41) is 0. The van der Waals surface area contributed by atoms with Crippen molar-refractivity contribution in [2.45, 2.75) is 42.7 Å². The fourth-order valence-corrected chi connectivity index (χ4v) is 0.401. The Morgan fingerprint density at radius 2 is 1.54 bits per heavy atom. The quantitative estimate of drug-likeness (QED) is 0.689. The normalized spacial score (nSPS) is 9.46. The summed E-state index contributed by atoms with van der Waals surface area (Å²) in [6, 6.07) is 0. The highest BCUT2D eigenvalue weighted by Crippen LogP contribution is 1.85. The van der Waals surface area contributed by atoms with Crippen molar-refractivity contribution in [1.29, 1.82) is 0 Å². The van der Waals surface area contributed by atoms with E-state index in [0.717, 1.165) is 0 Å². The van der Waals surface area contributed by atoms with E-state index in [9.17, 15) is 0 Å². The van der Waals surface area contributed by atoms with Crippen molar-refractivity contribution in [1.82, 2.24) is 0 Å². The van der Waals surface area contributed by atoms with Crippen LogP contribution in [0.4, 0.5) is 0 Å². The molecular formula is C10H31NO2. The summed E-state index contributed by atoms with van der Waals surface area (Å²) in [5.41, 5.74) is 5.29. The monoisotopic (exact) mass is 197 g/mol. The minimum atomic E-state index is 0. The number of rotatable bonds is 5. The minimum Gasteiger partial charge on any atom is -0.382 e. The summed E-state index contributed by atoms with van der Waals surface area (Å²) in [6.45, 7) is 3.79. The molecule has 0 saturated heterocycles. The van der Waals surface area contributed by atoms with Crippen molar-refractivity contribution in [3.8, 4) is 0 Å². The second-order valence-corrected chi connectivity index (χ2v) is 1.91. The zero-order chi connectivity index (χ0) is 7.11. The second-order valence-electron chi connectivity index (χ2n) is 1.91. The van der Waals surface area contributed by atoms with E-state index in [-0.39, 0.29) is 35.8 Å². The van der Waals surface area contributed by atoms with E-state index in [1.807, 2.05) is 6.92 Å². The number of nitrogens with two attached hydrogens (primary N) is 1. The average Bonchev–Trinajstić information content (AvgIpc) is 1.89. The van der Waals surface area contributed by atoms with Crippen molar-refractivity contribution in [2.75, 3.05) is 26.9 Å². The van der Waals surface area contributed by atoms with Gasteiger partial charge in [0.2, 0.25) is 0 Å². The number of methoxy groups -OCH3 is 1. The van der Waals surface area contributed by atoms with Gasteiger partial charge in [-0.05, 0) is 6.92 Å². The molecule has 0 radical (unpaired) electrons. The first-order valence-corrected chi connectivity index (χ1v) is 3.12. The van der Waals surface area contributed by atoms with Crippen LogP contribution in [0.1, 0.15) is 36.6 Å². The van der Waals surface area contributed by atoms with Gasteiger partial charge in [0, 0.05) is 13.7 Å². The van der Waals surface area contributed by atoms with E-state index in [2.05, 4.69) is 0 Å². The molecule has 0 aromatic rings. The number of hydrogen-bond acceptors (Lipinski definition) is 3. The van der Waals surface area contributed by atoms with Crippen molar-refractivity contribution in [3.05, 3.63) is 0 Å². The Morgan fingerprint density at radius 1 is 1.08 bits per heavy atom. The van der Waals surface area contributed by atoms with Crippen molar-refractivity contribution < 1.29 is 9.47 Å². The van der Waals surface area contributed by atoms with Crippen LogP contribution in [-0.2, 0) is 9.47 Å². The van der Waals surface area contributed by atoms with E-state index in [1.54, 1.807) is 7.11 Å². The van der Waals surface area contributed by atoms with Gasteiger partial charge in [0.05, 0.1) is 19.3 Å². The Kier molecular flexibility index (Phi) is 51.0. The van der Waals surface area contributed by atoms with Gasteiger partial charge in [-0.15, -0.1) is 0 Å². The van der Waals surface area contributed by atoms with Crippen LogP contribution in [0.25, 0.3) is 0 Å². The molecule has 0 heterocycles. The highest BCUT2D eigenvalue weighted by Gasteiger charge is 1.95. The van der Waals surface area contributed by atoms with Crippen LogP contribution >= 0.6 is 0 Å². The van der Waals surface area contributed by atoms with Crippen LogP contribution in [0.2, 0.25) is 0 Å². The van der Waals surface area contributed by atoms with Crippen molar-refractivity contribution >= 4 is 0 Å². The number of hydrogen-bond donors (Lipinski definition) is 1. The first kappa shape index (κ1) is 29.3. The molecule has 1 unspecified atom stereocenters. The Hall–Kier alpha value is -0.120. The summed E-state index contributed by atoms with van der Waals surface area (Å²) < 4.78 is 9.95. The molecule has 0 aliphatic carbocycles. The van der Waals surface area contributed by atoms with E-state index >= 15 is 0 Å². The summed E-state index contributed by atoms with van der Waals surface area (Å²) >= 11 is 0. The second kappa shape index (κ2) is 22.6. The first-order chi connectivity index (χ1) is 4.31. The molecule has 88 valence electrons. The molecule has 0 saturated carbocycles. The standard InChI is InChI=1S/C6H15NO2.4CH4/c1-6(5-7)9-4-3-8-2;;;;/h6H,3-5,7H2,1-2H3;4*1H4. The topological polar surface area (TPSA) is 44.5 Å². The lowest BCUT2D eigenvalue weighted by Crippen LogP contribution is -2.21. The van der Waals surface area contributed by atoms with Gasteiger partial charge >= 0.3 is 0 Å². The van der Waals surface area contributed by atoms with Crippen LogP contribution in [0.3, 0.4) is 0 Å². The highest BCUT2D eigenvalue weighted by atomic mass is 16.5. The number of ether oxygens (including phenoxy) is 2. The molecule has 0 aromatic heterocycles. The summed E-state index contributed by atoms with van der Waals surface area (Å²) in [6.07, 6.45) is 0.153. The van der Waals surface area contributed by atoms with Crippen molar-refractivity contribution in [3.63, 3.8) is 0 Å². The zero-order valence-electron chi connectivity index (χ0n) is 6.09. The van der Waals surface area contributed by atoms with Gasteiger partial charge < -0.3 is 15.2 Å². The van der Waals surface area contributed by atoms with Gasteiger partial charge in [-0.25, -0.2) is 0 Å². The van der Waals surface area contributed by atoms with Gasteiger partial charge in [-0.3, -0.25) is 0 Å². The van der Waals surface area contributed by atoms with E-state index in [4.69, 9.17) is 15.2 Å². The lowest BCUT2D eigenvalue weighted by Gasteiger charge is -2.08. The lowest BCUT2D eigenvalue weighted by molar-refractivity contribution is 0.0306. The van der Waals surface area contributed by atoms with Gasteiger partial charge in [0.15, 0.2) is 0 Å². The van der Waals surface area contributed by atoms with Crippen LogP contribution in [0.5, 0.6) is 0 Å². The van der Waals surface area contributed by atoms with Gasteiger partial charge in [0.25, 0.3) is 0 Å². The van der Waals surface area contributed by atoms with E-state index in [1.165, 1.54) is 0 Å². The van der Waals surface area contributed by atoms with Crippen LogP contribution in [0.15, 0.2) is 0 Å². The highest BCUT2D eigenvalue weighted by molar-refractivity contribution is 4.47. The maximum Gasteiger partial charge on any atom is 0.0704 e. The van der Waals surface area contributed by atoms with Crippen LogP contribution in [0, 0.1) is 0 Å². The largest absolute Gasteiger partial charge is 0.382 e. The molecule has 0 aliphatic heterocycles. The third kappa shape index (κ3) is 24.5. The molecule has 3 heteroatoms. The Morgan fingerprint density at radius 3 is 1.85 bits per heavy atom. The van der Waals surface area contributed by atoms with Gasteiger partial charge in [-0.1, -0.05) is 29.7 Å². The molecular weight excluding hydrogens is 166 g/mol. The molecule has 0 fully saturated rings. The average molecular weight is 197 g/mol. The van der Waals surface area contributed by atoms with Crippen LogP contribution in [-0.4, -0.2) is 33.0 Å². The minimum absolute atomic E-state index is 0. The van der Waals surface area contributed by atoms with E-state index < -0.39 is 0 Å². The predicted octanol–water partition coefficient (Wildman–Crippen LogP) is 2.54. The third-order valence-corrected chi connectivity index (χ3v) is 1.02. The van der Waals surface area contributed by atoms with Gasteiger partial charge in [-0.2, -0.15) is 0 Å². The van der Waals surface area contributed by atoms with Crippen LogP contribution < -0.4 is 5.73 Å². The van der Waals surface area contributed by atoms with E-state index in [0.29, 0.717) is 19.8 Å². The maximum absolute atomic E-state index is 5.29. The SMILES string of the molecule is C.C.C.C.COCCOC(C)CN. The molecule has 0 amide bonds. The third-order valence-electron chi connectivity index (χ3n) is 1.02. The molecule has 0 spiro atoms. The summed E-state index contributed by atoms with van der Waals surface area (Å²) in [4.78, 5) is 0. The fourth-order valence-electron chi connectivity index (χ4n) is 0.401. The lowest BCUT2D eigenvalue weighted by atomic mass is 10.4. The first-order valence-electron chi connectivity index (χ1n) is 3.12. The summed E-state index contributed by atoms with van der Waals surface area (Å²) in [7, 11) is 1.65. The van der Waals surface area contributed by atoms with Gasteiger partial charge in [0.1, 0.15) is 0 Å². The Bertz CT molecular complexity index is 60.9. The Balaban J connectivity index is -0.0000000533. The molecule has 0 aromatic carbocycles. The molecule has 2 N–H and O–H groups in total. The molecule has 0 aliphatic rings. The Labute approximate surface area is 85.6 Å². The van der Waals surface area contributed by atoms with Crippen molar-refractivity contribution in [2.24, 2.45) is 5.73 Å². The summed E-state index contributed by atoms with van der Waals surface area (Å²) in [5.74, 6) is 0. The maximum atomic E-state index is 5.29. The molecule has 1 atom stereocenters. The predicted molar refractivity (Wildman–Crippen MR) is 63.3 cm³/mol. The molecule has 13 heavy (non-hydrogen) atoms.